The summed E-state index contributed by atoms with van der Waals surface area (Å²) in [6.45, 7) is 3.93. The van der Waals surface area contributed by atoms with E-state index in [1.807, 2.05) is 60.7 Å². The number of aliphatic hydroxyl groups is 1. The number of alkyl halides is 6. The van der Waals surface area contributed by atoms with E-state index >= 15 is 0 Å². The second-order valence-corrected chi connectivity index (χ2v) is 25.4. The van der Waals surface area contributed by atoms with Crippen molar-refractivity contribution in [2.24, 2.45) is 42.5 Å². The molecule has 0 radical (unpaired) electrons. The van der Waals surface area contributed by atoms with Gasteiger partial charge in [0.2, 0.25) is 12.2 Å². The van der Waals surface area contributed by atoms with Gasteiger partial charge >= 0.3 is 35.8 Å². The molecular weight excluding hydrogens is 1630 g/mol. The largest absolute Gasteiger partial charge is 0.479 e. The van der Waals surface area contributed by atoms with Gasteiger partial charge in [-0.05, 0) is 84.8 Å². The van der Waals surface area contributed by atoms with Gasteiger partial charge in [-0.15, -0.1) is 0 Å². The molecule has 8 rings (SSSR count). The first-order valence-electron chi connectivity index (χ1n) is 36.6. The number of nitrogens with zero attached hydrogens (tertiary/aromatic N) is 18. The Morgan fingerprint density at radius 1 is 0.385 bits per heavy atom. The van der Waals surface area contributed by atoms with Crippen LogP contribution >= 0.6 is 0 Å². The lowest BCUT2D eigenvalue weighted by molar-refractivity contribution is -0.182. The number of aliphatic hydroxyl groups excluding tert-OH is 1. The highest BCUT2D eigenvalue weighted by Crippen LogP contribution is 2.26. The van der Waals surface area contributed by atoms with Crippen molar-refractivity contribution < 1.29 is 129 Å². The number of carbonyl (C=O) groups is 6. The molecule has 2 saturated heterocycles. The molecule has 2 heterocycles. The Morgan fingerprint density at radius 3 is 0.811 bits per heavy atom. The van der Waals surface area contributed by atoms with Crippen LogP contribution < -0.4 is 0 Å². The first-order valence-corrected chi connectivity index (χ1v) is 36.6. The number of epoxide rings is 2. The third kappa shape index (κ3) is 50.2. The van der Waals surface area contributed by atoms with Gasteiger partial charge in [-0.3, -0.25) is 0 Å². The molecule has 7 N–H and O–H groups in total. The lowest BCUT2D eigenvalue weighted by atomic mass is 10.1. The third-order valence-electron chi connectivity index (χ3n) is 15.6. The molecule has 0 saturated carbocycles. The molecule has 0 aromatic heterocycles. The monoisotopic (exact) mass is 1720 g/mol. The van der Waals surface area contributed by atoms with Crippen LogP contribution in [0.15, 0.2) is 213 Å². The number of benzene rings is 6. The SMILES string of the molecule is CCCCC1CO1.C[C@@H](CN=[N+]=[N-])[C@H](OCc1ccccc1)C(=O)O.C[C@H](CN=[N+]=[N-])C(OCc1ccccc1)C(=O)O.OCC1CO1.[N-]=[N+]=NCC(F)(F)C(OCc1ccccc1)C(=O)O.[N-]=[N+]=NCC(F)(F)[C@H](OCc1ccccc1)C(=O)O.[N-]=[N+]=NC[C@@H](F)[C@H](OCc1ccccc1)C(=O)O.[N-]=[N+]=NC[C@H](F)C(OCc1ccccc1)C(=O)O. The molecule has 0 spiro atoms. The third-order valence-corrected chi connectivity index (χ3v) is 15.6. The maximum atomic E-state index is 13.5. The molecule has 45 heteroatoms. The summed E-state index contributed by atoms with van der Waals surface area (Å²) >= 11 is 0. The molecule has 6 aromatic carbocycles. The molecular formula is C77H94F6N18O21. The second-order valence-electron chi connectivity index (χ2n) is 25.4. The summed E-state index contributed by atoms with van der Waals surface area (Å²) in [7, 11) is 0. The number of carboxylic acid groups (broad SMARTS) is 6. The number of hydrogen-bond acceptors (Lipinski definition) is 21. The number of ether oxygens (including phenoxy) is 8. The van der Waals surface area contributed by atoms with Crippen LogP contribution in [0.1, 0.15) is 73.4 Å². The van der Waals surface area contributed by atoms with Crippen LogP contribution in [0.2, 0.25) is 0 Å². The summed E-state index contributed by atoms with van der Waals surface area (Å²) in [6, 6.07) is 52.9. The lowest BCUT2D eigenvalue weighted by Crippen LogP contribution is -2.44. The molecule has 0 aliphatic carbocycles. The normalized spacial score (nSPS) is 14.8. The molecule has 12 atom stereocenters. The highest BCUT2D eigenvalue weighted by atomic mass is 19.3. The Morgan fingerprint density at radius 2 is 0.615 bits per heavy atom. The summed E-state index contributed by atoms with van der Waals surface area (Å²) < 4.78 is 120. The average Bonchev–Trinajstić information content (AvgIpc) is 1.80. The van der Waals surface area contributed by atoms with E-state index in [9.17, 15) is 55.1 Å². The smallest absolute Gasteiger partial charge is 0.339 e. The molecule has 0 amide bonds. The van der Waals surface area contributed by atoms with Crippen LogP contribution in [0.3, 0.4) is 0 Å². The predicted molar refractivity (Wildman–Crippen MR) is 424 cm³/mol. The predicted octanol–water partition coefficient (Wildman–Crippen LogP) is 16.0. The Bertz CT molecular complexity index is 3860. The molecule has 2 aliphatic heterocycles. The van der Waals surface area contributed by atoms with Gasteiger partial charge in [-0.25, -0.2) is 55.1 Å². The van der Waals surface area contributed by atoms with Gasteiger partial charge in [0.05, 0.1) is 91.7 Å². The lowest BCUT2D eigenvalue weighted by Gasteiger charge is -2.22. The van der Waals surface area contributed by atoms with Crippen LogP contribution in [0, 0.1) is 11.8 Å². The quantitative estimate of drug-likeness (QED) is 0.00613. The maximum Gasteiger partial charge on any atom is 0.339 e. The van der Waals surface area contributed by atoms with Gasteiger partial charge in [0.25, 0.3) is 11.8 Å². The fraction of sp³-hybridized carbons (Fsp3) is 0.455. The summed E-state index contributed by atoms with van der Waals surface area (Å²) in [5.74, 6) is -16.9. The van der Waals surface area contributed by atoms with Gasteiger partial charge in [0.1, 0.15) is 18.4 Å². The minimum absolute atomic E-state index is 0.0194. The van der Waals surface area contributed by atoms with Crippen LogP contribution in [0.5, 0.6) is 0 Å². The molecule has 0 bridgehead atoms. The van der Waals surface area contributed by atoms with Crippen molar-refractivity contribution in [1.82, 2.24) is 0 Å². The number of azide groups is 6. The van der Waals surface area contributed by atoms with Gasteiger partial charge in [0.15, 0.2) is 24.4 Å². The standard InChI is InChI=1S/2C12H15N3O3.2C11H11F2N3O3.2C11H12FN3O3.C6H12O.C3H6O2/c2*1-9(7-14-15-13)11(12(16)17)18-8-10-5-3-2-4-6-10;2*12-11(13,7-15-16-14)9(10(17)18)19-6-8-4-2-1-3-5-8;2*12-9(6-14-15-13)10(11(16)17)18-7-8-4-2-1-3-5-8;1-2-3-4-6-5-7-6;4-1-3-2-5-3/h2*2-6,9,11H,7-8H2,1H3,(H,16,17);2*1-5,9H,6-7H2,(H,17,18);2*1-5,9-10H,6-7H2,(H,16,17);6H,2-5H2,1H3;3-4H,1-2H2/t9-,11?;9-,11-;9-;;9-,10?;9-,10+;;/m101.01../s1. The van der Waals surface area contributed by atoms with Crippen LogP contribution in [-0.4, -0.2) is 204 Å². The van der Waals surface area contributed by atoms with Crippen molar-refractivity contribution in [2.75, 3.05) is 59.1 Å². The van der Waals surface area contributed by atoms with Crippen LogP contribution in [0.25, 0.3) is 62.7 Å². The van der Waals surface area contributed by atoms with Crippen molar-refractivity contribution in [3.8, 4) is 0 Å². The Kier molecular flexibility index (Phi) is 56.4. The molecule has 660 valence electrons. The fourth-order valence-corrected chi connectivity index (χ4v) is 9.12. The minimum atomic E-state index is -3.77. The highest BCUT2D eigenvalue weighted by Gasteiger charge is 2.46. The number of aliphatic carboxylic acids is 6. The average molecular weight is 1720 g/mol. The molecule has 122 heavy (non-hydrogen) atoms. The number of halogens is 6. The van der Waals surface area contributed by atoms with Gasteiger partial charge in [-0.1, -0.05) is 246 Å². The Hall–Kier alpha value is -12.8. The van der Waals surface area contributed by atoms with E-state index in [4.69, 9.17) is 102 Å². The van der Waals surface area contributed by atoms with E-state index in [-0.39, 0.29) is 77.3 Å². The summed E-state index contributed by atoms with van der Waals surface area (Å²) in [5.41, 5.74) is 52.9. The molecule has 2 fully saturated rings. The maximum absolute atomic E-state index is 13.5. The van der Waals surface area contributed by atoms with Gasteiger partial charge < -0.3 is 73.6 Å². The number of hydrogen-bond donors (Lipinski definition) is 7. The first-order chi connectivity index (χ1) is 58.4. The molecule has 2 aliphatic rings. The van der Waals surface area contributed by atoms with E-state index in [0.29, 0.717) is 17.2 Å². The van der Waals surface area contributed by atoms with E-state index < -0.39 is 123 Å². The highest BCUT2D eigenvalue weighted by molar-refractivity contribution is 5.75. The topological polar surface area (TPSA) is 617 Å². The van der Waals surface area contributed by atoms with E-state index in [1.54, 1.807) is 135 Å². The zero-order valence-corrected chi connectivity index (χ0v) is 66.1. The van der Waals surface area contributed by atoms with E-state index in [2.05, 4.69) is 71.8 Å². The summed E-state index contributed by atoms with van der Waals surface area (Å²) in [4.78, 5) is 79.7. The first kappa shape index (κ1) is 107. The number of carboxylic acids is 6. The molecule has 5 unspecified atom stereocenters. The van der Waals surface area contributed by atoms with Crippen molar-refractivity contribution in [1.29, 1.82) is 0 Å². The molecule has 39 nitrogen and oxygen atoms in total. The number of rotatable bonds is 46. The van der Waals surface area contributed by atoms with Crippen LogP contribution in [0.4, 0.5) is 26.3 Å². The van der Waals surface area contributed by atoms with E-state index in [0.717, 1.165) is 35.5 Å². The Balaban J connectivity index is 0.000000711. The van der Waals surface area contributed by atoms with Crippen molar-refractivity contribution >= 4 is 35.8 Å². The summed E-state index contributed by atoms with van der Waals surface area (Å²) in [6.07, 6.45) is -8.94. The van der Waals surface area contributed by atoms with Gasteiger partial charge in [0, 0.05) is 42.6 Å². The molecule has 6 aromatic rings. The van der Waals surface area contributed by atoms with Gasteiger partial charge in [-0.2, -0.15) is 0 Å². The fourth-order valence-electron chi connectivity index (χ4n) is 9.12. The van der Waals surface area contributed by atoms with Crippen molar-refractivity contribution in [3.63, 3.8) is 0 Å². The minimum Gasteiger partial charge on any atom is -0.479 e. The zero-order chi connectivity index (χ0) is 90.9. The van der Waals surface area contributed by atoms with Crippen LogP contribution in [-0.2, 0) is 106 Å². The van der Waals surface area contributed by atoms with Crippen molar-refractivity contribution in [3.05, 3.63) is 278 Å². The second kappa shape index (κ2) is 64.2. The summed E-state index contributed by atoms with van der Waals surface area (Å²) in [5, 5.41) is 79.4. The number of unbranched alkanes of at least 4 members (excludes halogenated alkanes) is 1. The Labute approximate surface area is 694 Å². The van der Waals surface area contributed by atoms with Crippen molar-refractivity contribution in [2.45, 2.75) is 153 Å². The van der Waals surface area contributed by atoms with E-state index in [1.165, 1.54) is 19.3 Å². The zero-order valence-electron chi connectivity index (χ0n) is 66.1.